The van der Waals surface area contributed by atoms with Gasteiger partial charge in [-0.05, 0) is 36.1 Å². The normalized spacial score (nSPS) is 10.7. The molecule has 0 atom stereocenters. The van der Waals surface area contributed by atoms with Gasteiger partial charge in [0.25, 0.3) is 5.91 Å². The summed E-state index contributed by atoms with van der Waals surface area (Å²) in [6.45, 7) is 2.43. The Bertz CT molecular complexity index is 1250. The van der Waals surface area contributed by atoms with Crippen LogP contribution >= 0.6 is 23.1 Å². The molecule has 0 aliphatic rings. The van der Waals surface area contributed by atoms with Crippen molar-refractivity contribution >= 4 is 40.6 Å². The first-order valence-corrected chi connectivity index (χ1v) is 12.2. The van der Waals surface area contributed by atoms with Crippen LogP contribution in [0.3, 0.4) is 0 Å². The zero-order valence-corrected chi connectivity index (χ0v) is 19.9. The molecular formula is C24H23N5O2S2. The van der Waals surface area contributed by atoms with E-state index in [1.54, 1.807) is 35.6 Å². The third-order valence-corrected chi connectivity index (χ3v) is 6.81. The van der Waals surface area contributed by atoms with Gasteiger partial charge in [0.15, 0.2) is 11.0 Å². The van der Waals surface area contributed by atoms with E-state index < -0.39 is 0 Å². The van der Waals surface area contributed by atoms with E-state index in [0.717, 1.165) is 16.3 Å². The number of thiophene rings is 1. The van der Waals surface area contributed by atoms with Crippen LogP contribution in [-0.4, -0.2) is 32.3 Å². The number of para-hydroxylation sites is 1. The lowest BCUT2D eigenvalue weighted by Gasteiger charge is -2.11. The largest absolute Gasteiger partial charge is 0.348 e. The molecule has 0 aliphatic heterocycles. The number of benzene rings is 2. The number of hydrogen-bond donors (Lipinski definition) is 2. The van der Waals surface area contributed by atoms with Crippen molar-refractivity contribution in [2.24, 2.45) is 7.05 Å². The zero-order chi connectivity index (χ0) is 23.2. The summed E-state index contributed by atoms with van der Waals surface area (Å²) in [5.74, 6) is 0.450. The van der Waals surface area contributed by atoms with Gasteiger partial charge < -0.3 is 15.2 Å². The Morgan fingerprint density at radius 1 is 1.03 bits per heavy atom. The average molecular weight is 478 g/mol. The van der Waals surface area contributed by atoms with E-state index >= 15 is 0 Å². The molecule has 0 unspecified atom stereocenters. The second kappa shape index (κ2) is 10.5. The fraction of sp³-hybridized carbons (Fsp3) is 0.167. The van der Waals surface area contributed by atoms with Gasteiger partial charge in [-0.3, -0.25) is 9.59 Å². The Morgan fingerprint density at radius 2 is 1.82 bits per heavy atom. The average Bonchev–Trinajstić information content (AvgIpc) is 3.47. The monoisotopic (exact) mass is 477 g/mol. The summed E-state index contributed by atoms with van der Waals surface area (Å²) in [6.07, 6.45) is 0. The summed E-state index contributed by atoms with van der Waals surface area (Å²) in [7, 11) is 1.88. The van der Waals surface area contributed by atoms with E-state index in [1.807, 2.05) is 60.3 Å². The summed E-state index contributed by atoms with van der Waals surface area (Å²) < 4.78 is 1.87. The van der Waals surface area contributed by atoms with Crippen LogP contribution in [0.25, 0.3) is 10.7 Å². The van der Waals surface area contributed by atoms with Crippen molar-refractivity contribution in [2.75, 3.05) is 11.1 Å². The molecule has 2 amide bonds. The molecule has 0 fully saturated rings. The number of rotatable bonds is 8. The predicted molar refractivity (Wildman–Crippen MR) is 132 cm³/mol. The molecule has 2 aromatic carbocycles. The lowest BCUT2D eigenvalue weighted by Crippen LogP contribution is -2.25. The van der Waals surface area contributed by atoms with E-state index in [4.69, 9.17) is 0 Å². The first-order chi connectivity index (χ1) is 16.0. The molecule has 4 rings (SSSR count). The van der Waals surface area contributed by atoms with Gasteiger partial charge in [-0.1, -0.05) is 59.8 Å². The molecule has 0 spiro atoms. The topological polar surface area (TPSA) is 88.9 Å². The Balaban J connectivity index is 1.36. The van der Waals surface area contributed by atoms with E-state index in [1.165, 1.54) is 17.3 Å². The molecule has 2 aromatic heterocycles. The van der Waals surface area contributed by atoms with Crippen LogP contribution < -0.4 is 10.6 Å². The molecule has 168 valence electrons. The molecule has 7 nitrogen and oxygen atoms in total. The molecule has 4 aromatic rings. The number of amides is 2. The van der Waals surface area contributed by atoms with Crippen LogP contribution in [0.2, 0.25) is 0 Å². The van der Waals surface area contributed by atoms with Gasteiger partial charge in [0.05, 0.1) is 21.9 Å². The summed E-state index contributed by atoms with van der Waals surface area (Å²) >= 11 is 2.88. The highest BCUT2D eigenvalue weighted by Gasteiger charge is 2.16. The van der Waals surface area contributed by atoms with E-state index in [0.29, 0.717) is 23.0 Å². The van der Waals surface area contributed by atoms with Crippen molar-refractivity contribution in [1.82, 2.24) is 20.1 Å². The molecule has 0 saturated heterocycles. The van der Waals surface area contributed by atoms with E-state index in [-0.39, 0.29) is 17.6 Å². The molecule has 9 heteroatoms. The van der Waals surface area contributed by atoms with Crippen LogP contribution in [0.1, 0.15) is 21.5 Å². The van der Waals surface area contributed by atoms with Crippen molar-refractivity contribution in [2.45, 2.75) is 18.6 Å². The van der Waals surface area contributed by atoms with Crippen molar-refractivity contribution in [3.8, 4) is 10.7 Å². The fourth-order valence-corrected chi connectivity index (χ4v) is 4.61. The second-order valence-corrected chi connectivity index (χ2v) is 9.28. The minimum atomic E-state index is -0.243. The van der Waals surface area contributed by atoms with Crippen molar-refractivity contribution < 1.29 is 9.59 Å². The lowest BCUT2D eigenvalue weighted by atomic mass is 10.1. The molecule has 0 bridgehead atoms. The Morgan fingerprint density at radius 3 is 2.58 bits per heavy atom. The van der Waals surface area contributed by atoms with Crippen LogP contribution in [-0.2, 0) is 18.4 Å². The summed E-state index contributed by atoms with van der Waals surface area (Å²) in [6, 6.07) is 18.9. The van der Waals surface area contributed by atoms with Crippen molar-refractivity contribution in [3.05, 3.63) is 82.7 Å². The molecule has 33 heavy (non-hydrogen) atoms. The third-order valence-electron chi connectivity index (χ3n) is 4.93. The standard InChI is InChI=1S/C24H23N5O2S2/c1-16-9-11-17(12-10-16)14-25-23(31)18-6-3-4-7-19(18)26-21(30)15-33-24-28-27-22(29(24)2)20-8-5-13-32-20/h3-13H,14-15H2,1-2H3,(H,25,31)(H,26,30). The number of aromatic nitrogens is 3. The lowest BCUT2D eigenvalue weighted by molar-refractivity contribution is -0.113. The minimum Gasteiger partial charge on any atom is -0.348 e. The maximum Gasteiger partial charge on any atom is 0.253 e. The summed E-state index contributed by atoms with van der Waals surface area (Å²) in [5.41, 5.74) is 3.07. The fourth-order valence-electron chi connectivity index (χ4n) is 3.15. The first kappa shape index (κ1) is 22.8. The molecular weight excluding hydrogens is 454 g/mol. The zero-order valence-electron chi connectivity index (χ0n) is 18.2. The molecule has 2 heterocycles. The Labute approximate surface area is 200 Å². The number of carbonyl (C=O) groups is 2. The third kappa shape index (κ3) is 5.68. The molecule has 2 N–H and O–H groups in total. The van der Waals surface area contributed by atoms with Crippen LogP contribution in [0.5, 0.6) is 0 Å². The SMILES string of the molecule is Cc1ccc(CNC(=O)c2ccccc2NC(=O)CSc2nnc(-c3cccs3)n2C)cc1. The summed E-state index contributed by atoms with van der Waals surface area (Å²) in [4.78, 5) is 26.4. The Kier molecular flexibility index (Phi) is 7.21. The van der Waals surface area contributed by atoms with Gasteiger partial charge in [0.1, 0.15) is 0 Å². The van der Waals surface area contributed by atoms with Crippen LogP contribution in [0.15, 0.2) is 71.2 Å². The quantitative estimate of drug-likeness (QED) is 0.365. The van der Waals surface area contributed by atoms with Gasteiger partial charge in [-0.15, -0.1) is 21.5 Å². The maximum absolute atomic E-state index is 12.7. The van der Waals surface area contributed by atoms with E-state index in [9.17, 15) is 9.59 Å². The van der Waals surface area contributed by atoms with Gasteiger partial charge >= 0.3 is 0 Å². The maximum atomic E-state index is 12.7. The number of hydrogen-bond acceptors (Lipinski definition) is 6. The Hall–Kier alpha value is -3.43. The highest BCUT2D eigenvalue weighted by atomic mass is 32.2. The number of aryl methyl sites for hydroxylation is 1. The van der Waals surface area contributed by atoms with Gasteiger partial charge in [-0.25, -0.2) is 0 Å². The van der Waals surface area contributed by atoms with Crippen LogP contribution in [0, 0.1) is 6.92 Å². The summed E-state index contributed by atoms with van der Waals surface area (Å²) in [5, 5.41) is 16.8. The van der Waals surface area contributed by atoms with Crippen LogP contribution in [0.4, 0.5) is 5.69 Å². The molecule has 0 aliphatic carbocycles. The number of nitrogens with one attached hydrogen (secondary N) is 2. The highest BCUT2D eigenvalue weighted by molar-refractivity contribution is 7.99. The smallest absolute Gasteiger partial charge is 0.253 e. The van der Waals surface area contributed by atoms with Crippen molar-refractivity contribution in [1.29, 1.82) is 0 Å². The number of thioether (sulfide) groups is 1. The second-order valence-electron chi connectivity index (χ2n) is 7.39. The number of carbonyl (C=O) groups excluding carboxylic acids is 2. The minimum absolute atomic E-state index is 0.149. The highest BCUT2D eigenvalue weighted by Crippen LogP contribution is 2.26. The van der Waals surface area contributed by atoms with E-state index in [2.05, 4.69) is 20.8 Å². The van der Waals surface area contributed by atoms with Crippen molar-refractivity contribution in [3.63, 3.8) is 0 Å². The van der Waals surface area contributed by atoms with Gasteiger partial charge in [0.2, 0.25) is 5.91 Å². The predicted octanol–water partition coefficient (Wildman–Crippen LogP) is 4.51. The first-order valence-electron chi connectivity index (χ1n) is 10.3. The molecule has 0 saturated carbocycles. The van der Waals surface area contributed by atoms with Gasteiger partial charge in [-0.2, -0.15) is 0 Å². The molecule has 0 radical (unpaired) electrons. The number of nitrogens with zero attached hydrogens (tertiary/aromatic N) is 3. The van der Waals surface area contributed by atoms with Gasteiger partial charge in [0, 0.05) is 13.6 Å². The number of anilines is 1.